The van der Waals surface area contributed by atoms with E-state index in [-0.39, 0.29) is 0 Å². The van der Waals surface area contributed by atoms with E-state index in [9.17, 15) is 0 Å². The Balaban J connectivity index is 0.00000145. The molecule has 202 valence electrons. The molecule has 6 heteroatoms. The van der Waals surface area contributed by atoms with E-state index in [4.69, 9.17) is 12.2 Å². The second kappa shape index (κ2) is 19.4. The lowest BCUT2D eigenvalue weighted by atomic mass is 9.78. The van der Waals surface area contributed by atoms with Crippen LogP contribution in [-0.2, 0) is 0 Å². The number of hydrogen-bond donors (Lipinski definition) is 3. The molecule has 0 amide bonds. The average Bonchev–Trinajstić information content (AvgIpc) is 3.30. The molecule has 0 bridgehead atoms. The first kappa shape index (κ1) is 32.3. The van der Waals surface area contributed by atoms with Crippen LogP contribution in [0.5, 0.6) is 0 Å². The van der Waals surface area contributed by atoms with E-state index in [1.807, 2.05) is 33.8 Å². The van der Waals surface area contributed by atoms with Crippen molar-refractivity contribution < 1.29 is 0 Å². The zero-order valence-corrected chi connectivity index (χ0v) is 25.3. The Kier molecular flexibility index (Phi) is 17.9. The third-order valence-electron chi connectivity index (χ3n) is 7.50. The molecular formula is C29H55N4PS. The molecule has 2 aliphatic carbocycles. The first-order chi connectivity index (χ1) is 17.2. The molecule has 3 aliphatic rings. The van der Waals surface area contributed by atoms with E-state index in [1.165, 1.54) is 50.5 Å². The number of likely N-dealkylation sites (N-methyl/N-ethyl adjacent to an activating group) is 1. The van der Waals surface area contributed by atoms with Crippen LogP contribution in [0.4, 0.5) is 0 Å². The monoisotopic (exact) mass is 522 g/mol. The average molecular weight is 523 g/mol. The number of thiocarbonyl (C=S) groups is 1. The molecule has 5 atom stereocenters. The maximum atomic E-state index is 6.10. The van der Waals surface area contributed by atoms with Crippen molar-refractivity contribution in [3.8, 4) is 0 Å². The molecule has 4 nitrogen and oxygen atoms in total. The van der Waals surface area contributed by atoms with E-state index < -0.39 is 0 Å². The number of likely N-dealkylation sites (tertiary alicyclic amines) is 1. The normalized spacial score (nSPS) is 23.9. The van der Waals surface area contributed by atoms with E-state index >= 15 is 0 Å². The molecule has 0 aromatic heterocycles. The summed E-state index contributed by atoms with van der Waals surface area (Å²) in [5.74, 6) is 1.92. The topological polar surface area (TPSA) is 39.3 Å². The number of rotatable bonds is 12. The summed E-state index contributed by atoms with van der Waals surface area (Å²) in [6.07, 6.45) is 17.2. The summed E-state index contributed by atoms with van der Waals surface area (Å²) in [5, 5.41) is 10.1. The van der Waals surface area contributed by atoms with Crippen molar-refractivity contribution in [2.45, 2.75) is 78.2 Å². The van der Waals surface area contributed by atoms with Gasteiger partial charge >= 0.3 is 0 Å². The second-order valence-electron chi connectivity index (χ2n) is 9.59. The molecule has 1 aliphatic heterocycles. The summed E-state index contributed by atoms with van der Waals surface area (Å²) < 4.78 is 0. The SMILES string of the molecule is C=CNCCC(CCNCCNC)C1=CC(C(=S)N2CCCC3CCCCC32)=CC1C.CC.CP. The molecule has 0 aromatic rings. The van der Waals surface area contributed by atoms with Crippen LogP contribution in [0.1, 0.15) is 72.1 Å². The highest BCUT2D eigenvalue weighted by molar-refractivity contribution is 7.80. The Labute approximate surface area is 225 Å². The minimum Gasteiger partial charge on any atom is -0.391 e. The summed E-state index contributed by atoms with van der Waals surface area (Å²) in [5.41, 5.74) is 2.88. The summed E-state index contributed by atoms with van der Waals surface area (Å²) in [4.78, 5) is 3.72. The minimum absolute atomic E-state index is 0.478. The van der Waals surface area contributed by atoms with E-state index in [1.54, 1.807) is 5.57 Å². The van der Waals surface area contributed by atoms with Gasteiger partial charge in [-0.05, 0) is 76.1 Å². The number of allylic oxidation sites excluding steroid dienone is 2. The first-order valence-corrected chi connectivity index (χ1v) is 15.7. The fourth-order valence-corrected chi connectivity index (χ4v) is 6.20. The molecule has 5 unspecified atom stereocenters. The largest absolute Gasteiger partial charge is 0.391 e. The lowest BCUT2D eigenvalue weighted by molar-refractivity contribution is 0.122. The van der Waals surface area contributed by atoms with Gasteiger partial charge in [0.2, 0.25) is 0 Å². The van der Waals surface area contributed by atoms with Crippen LogP contribution in [0.3, 0.4) is 0 Å². The summed E-state index contributed by atoms with van der Waals surface area (Å²) in [6, 6.07) is 0.688. The Hall–Kier alpha value is -0.740. The van der Waals surface area contributed by atoms with Gasteiger partial charge in [0, 0.05) is 37.8 Å². The van der Waals surface area contributed by atoms with Crippen LogP contribution in [-0.4, -0.2) is 62.4 Å². The quantitative estimate of drug-likeness (QED) is 0.168. The molecular weight excluding hydrogens is 467 g/mol. The van der Waals surface area contributed by atoms with Gasteiger partial charge < -0.3 is 20.9 Å². The van der Waals surface area contributed by atoms with Crippen molar-refractivity contribution in [2.75, 3.05) is 46.4 Å². The number of hydrogen-bond acceptors (Lipinski definition) is 4. The predicted octanol–water partition coefficient (Wildman–Crippen LogP) is 5.93. The van der Waals surface area contributed by atoms with Crippen LogP contribution in [0.25, 0.3) is 0 Å². The Morgan fingerprint density at radius 1 is 1.11 bits per heavy atom. The molecule has 35 heavy (non-hydrogen) atoms. The molecule has 0 aromatic carbocycles. The van der Waals surface area contributed by atoms with E-state index in [2.05, 4.69) is 55.7 Å². The molecule has 3 N–H and O–H groups in total. The maximum Gasteiger partial charge on any atom is 0.109 e. The highest BCUT2D eigenvalue weighted by atomic mass is 32.1. The Morgan fingerprint density at radius 2 is 1.80 bits per heavy atom. The lowest BCUT2D eigenvalue weighted by Crippen LogP contribution is -2.49. The van der Waals surface area contributed by atoms with Crippen molar-refractivity contribution >= 4 is 26.4 Å². The number of nitrogens with one attached hydrogen (secondary N) is 3. The van der Waals surface area contributed by atoms with Gasteiger partial charge in [0.05, 0.1) is 0 Å². The number of nitrogens with zero attached hydrogens (tertiary/aromatic N) is 1. The third-order valence-corrected chi connectivity index (χ3v) is 7.97. The zero-order valence-electron chi connectivity index (χ0n) is 23.4. The summed E-state index contributed by atoms with van der Waals surface area (Å²) >= 11 is 6.10. The van der Waals surface area contributed by atoms with Gasteiger partial charge in [-0.1, -0.05) is 76.8 Å². The standard InChI is InChI=1S/C26H44N4S.C2H6.CH5P/c1-4-28-13-11-21(12-14-29-16-15-27-3)24-19-23(18-20(24)2)26(31)30-17-7-9-22-8-5-6-10-25(22)30;2*1-2/h4,18-22,25,27-29H,1,5-17H2,2-3H3;1-2H3;2H2,1H3. The highest BCUT2D eigenvalue weighted by Crippen LogP contribution is 2.39. The fourth-order valence-electron chi connectivity index (χ4n) is 5.84. The van der Waals surface area contributed by atoms with Crippen molar-refractivity contribution in [2.24, 2.45) is 17.8 Å². The summed E-state index contributed by atoms with van der Waals surface area (Å²) in [7, 11) is 4.42. The van der Waals surface area contributed by atoms with Crippen molar-refractivity contribution in [1.82, 2.24) is 20.9 Å². The van der Waals surface area contributed by atoms with Crippen molar-refractivity contribution in [3.05, 3.63) is 36.1 Å². The van der Waals surface area contributed by atoms with Gasteiger partial charge in [0.15, 0.2) is 0 Å². The van der Waals surface area contributed by atoms with Crippen LogP contribution in [0.2, 0.25) is 0 Å². The van der Waals surface area contributed by atoms with Gasteiger partial charge in [-0.25, -0.2) is 0 Å². The molecule has 0 spiro atoms. The van der Waals surface area contributed by atoms with Gasteiger partial charge in [0.25, 0.3) is 0 Å². The van der Waals surface area contributed by atoms with Crippen LogP contribution in [0.15, 0.2) is 36.1 Å². The lowest BCUT2D eigenvalue weighted by Gasteiger charge is -2.45. The fraction of sp³-hybridized carbons (Fsp3) is 0.759. The van der Waals surface area contributed by atoms with E-state index in [0.29, 0.717) is 17.9 Å². The zero-order chi connectivity index (χ0) is 26.1. The van der Waals surface area contributed by atoms with Crippen LogP contribution >= 0.6 is 21.5 Å². The Bertz CT molecular complexity index is 661. The van der Waals surface area contributed by atoms with E-state index in [0.717, 1.165) is 50.1 Å². The smallest absolute Gasteiger partial charge is 0.109 e. The Morgan fingerprint density at radius 3 is 2.51 bits per heavy atom. The maximum absolute atomic E-state index is 6.10. The molecule has 1 saturated carbocycles. The number of piperidine rings is 1. The molecule has 1 saturated heterocycles. The first-order valence-electron chi connectivity index (χ1n) is 14.2. The van der Waals surface area contributed by atoms with Crippen molar-refractivity contribution in [1.29, 1.82) is 0 Å². The molecule has 3 rings (SSSR count). The second-order valence-corrected chi connectivity index (χ2v) is 9.98. The molecule has 0 radical (unpaired) electrons. The summed E-state index contributed by atoms with van der Waals surface area (Å²) in [6.45, 7) is 17.3. The third kappa shape index (κ3) is 10.3. The van der Waals surface area contributed by atoms with Crippen LogP contribution in [0, 0.1) is 17.8 Å². The van der Waals surface area contributed by atoms with Gasteiger partial charge in [0.1, 0.15) is 4.99 Å². The number of fused-ring (bicyclic) bond motifs is 1. The highest BCUT2D eigenvalue weighted by Gasteiger charge is 2.35. The van der Waals surface area contributed by atoms with Gasteiger partial charge in [-0.2, -0.15) is 0 Å². The van der Waals surface area contributed by atoms with Crippen molar-refractivity contribution in [3.63, 3.8) is 0 Å². The van der Waals surface area contributed by atoms with Crippen LogP contribution < -0.4 is 16.0 Å². The molecule has 2 fully saturated rings. The van der Waals surface area contributed by atoms with Gasteiger partial charge in [-0.15, -0.1) is 9.24 Å². The molecule has 1 heterocycles. The van der Waals surface area contributed by atoms with Gasteiger partial charge in [-0.3, -0.25) is 0 Å². The predicted molar refractivity (Wildman–Crippen MR) is 164 cm³/mol. The minimum atomic E-state index is 0.478.